The van der Waals surface area contributed by atoms with Gasteiger partial charge in [0.1, 0.15) is 5.75 Å². The Bertz CT molecular complexity index is 504. The van der Waals surface area contributed by atoms with Crippen molar-refractivity contribution in [1.29, 1.82) is 0 Å². The Hall–Kier alpha value is -0.995. The number of rotatable bonds is 3. The maximum atomic E-state index is 9.94. The zero-order valence-electron chi connectivity index (χ0n) is 12.8. The fraction of sp³-hybridized carbons (Fsp3) is 0.625. The van der Waals surface area contributed by atoms with E-state index in [1.807, 2.05) is 33.8 Å². The minimum atomic E-state index is -0.398. The first-order chi connectivity index (χ1) is 9.27. The van der Waals surface area contributed by atoms with E-state index in [1.165, 1.54) is 18.4 Å². The highest BCUT2D eigenvalue weighted by Gasteiger charge is 2.51. The van der Waals surface area contributed by atoms with Gasteiger partial charge in [0.2, 0.25) is 0 Å². The van der Waals surface area contributed by atoms with Crippen LogP contribution in [0.4, 0.5) is 0 Å². The van der Waals surface area contributed by atoms with Crippen molar-refractivity contribution in [1.82, 2.24) is 0 Å². The molecule has 1 saturated heterocycles. The molecule has 1 heterocycles. The second-order valence-corrected chi connectivity index (χ2v) is 7.17. The van der Waals surface area contributed by atoms with Crippen LogP contribution in [0.5, 0.6) is 5.75 Å². The van der Waals surface area contributed by atoms with Gasteiger partial charge in [-0.1, -0.05) is 6.07 Å². The normalized spacial score (nSPS) is 24.1. The van der Waals surface area contributed by atoms with E-state index >= 15 is 0 Å². The molecule has 4 heteroatoms. The van der Waals surface area contributed by atoms with Crippen LogP contribution in [0.15, 0.2) is 18.2 Å². The van der Waals surface area contributed by atoms with Gasteiger partial charge in [-0.2, -0.15) is 0 Å². The molecule has 108 valence electrons. The van der Waals surface area contributed by atoms with Gasteiger partial charge in [0, 0.05) is 0 Å². The van der Waals surface area contributed by atoms with Gasteiger partial charge in [-0.3, -0.25) is 0 Å². The van der Waals surface area contributed by atoms with Crippen LogP contribution in [-0.4, -0.2) is 23.4 Å². The SMILES string of the molecule is CC1(C)OB(c2cc(O)cc(CC3CC3)c2)OC1(C)C. The van der Waals surface area contributed by atoms with Gasteiger partial charge in [0.25, 0.3) is 0 Å². The lowest BCUT2D eigenvalue weighted by Crippen LogP contribution is -2.41. The number of phenolic OH excluding ortho intramolecular Hbond substituents is 1. The quantitative estimate of drug-likeness (QED) is 0.861. The molecule has 1 N–H and O–H groups in total. The van der Waals surface area contributed by atoms with Crippen LogP contribution in [0.3, 0.4) is 0 Å². The van der Waals surface area contributed by atoms with E-state index in [-0.39, 0.29) is 11.2 Å². The molecular weight excluding hydrogens is 251 g/mol. The summed E-state index contributed by atoms with van der Waals surface area (Å²) in [6.45, 7) is 8.17. The van der Waals surface area contributed by atoms with Crippen molar-refractivity contribution in [2.24, 2.45) is 5.92 Å². The van der Waals surface area contributed by atoms with Crippen LogP contribution in [0.2, 0.25) is 0 Å². The minimum Gasteiger partial charge on any atom is -0.508 e. The van der Waals surface area contributed by atoms with E-state index in [1.54, 1.807) is 6.07 Å². The van der Waals surface area contributed by atoms with Crippen molar-refractivity contribution < 1.29 is 14.4 Å². The van der Waals surface area contributed by atoms with E-state index in [9.17, 15) is 5.11 Å². The van der Waals surface area contributed by atoms with Gasteiger partial charge in [0.05, 0.1) is 11.2 Å². The lowest BCUT2D eigenvalue weighted by atomic mass is 9.78. The average Bonchev–Trinajstić information content (AvgIpc) is 3.06. The Morgan fingerprint density at radius 1 is 1.10 bits per heavy atom. The first-order valence-electron chi connectivity index (χ1n) is 7.45. The summed E-state index contributed by atoms with van der Waals surface area (Å²) in [6, 6.07) is 5.71. The van der Waals surface area contributed by atoms with E-state index < -0.39 is 7.12 Å². The Morgan fingerprint density at radius 3 is 2.25 bits per heavy atom. The molecule has 1 aromatic rings. The molecule has 0 unspecified atom stereocenters. The molecule has 1 aliphatic carbocycles. The lowest BCUT2D eigenvalue weighted by molar-refractivity contribution is 0.00578. The highest BCUT2D eigenvalue weighted by molar-refractivity contribution is 6.62. The summed E-state index contributed by atoms with van der Waals surface area (Å²) in [5, 5.41) is 9.94. The minimum absolute atomic E-state index is 0.299. The third-order valence-electron chi connectivity index (χ3n) is 4.75. The largest absolute Gasteiger partial charge is 0.508 e. The summed E-state index contributed by atoms with van der Waals surface area (Å²) in [7, 11) is -0.398. The van der Waals surface area contributed by atoms with Gasteiger partial charge >= 0.3 is 7.12 Å². The fourth-order valence-corrected chi connectivity index (χ4v) is 2.59. The molecular formula is C16H23BO3. The van der Waals surface area contributed by atoms with Crippen molar-refractivity contribution in [3.05, 3.63) is 23.8 Å². The predicted octanol–water partition coefficient (Wildman–Crippen LogP) is 2.64. The van der Waals surface area contributed by atoms with E-state index in [4.69, 9.17) is 9.31 Å². The van der Waals surface area contributed by atoms with Gasteiger partial charge in [-0.15, -0.1) is 0 Å². The molecule has 1 aliphatic heterocycles. The second kappa shape index (κ2) is 4.50. The third kappa shape index (κ3) is 2.59. The van der Waals surface area contributed by atoms with Gasteiger partial charge in [-0.25, -0.2) is 0 Å². The summed E-state index contributed by atoms with van der Waals surface area (Å²) in [5.74, 6) is 1.09. The van der Waals surface area contributed by atoms with Gasteiger partial charge < -0.3 is 14.4 Å². The van der Waals surface area contributed by atoms with Crippen molar-refractivity contribution in [2.75, 3.05) is 0 Å². The molecule has 20 heavy (non-hydrogen) atoms. The molecule has 0 bridgehead atoms. The Morgan fingerprint density at radius 2 is 1.70 bits per heavy atom. The van der Waals surface area contributed by atoms with E-state index in [0.29, 0.717) is 5.75 Å². The van der Waals surface area contributed by atoms with E-state index in [0.717, 1.165) is 17.8 Å². The maximum Gasteiger partial charge on any atom is 0.494 e. The molecule has 0 amide bonds. The molecule has 0 aromatic heterocycles. The first-order valence-corrected chi connectivity index (χ1v) is 7.45. The smallest absolute Gasteiger partial charge is 0.494 e. The van der Waals surface area contributed by atoms with Crippen LogP contribution in [0.25, 0.3) is 0 Å². The topological polar surface area (TPSA) is 38.7 Å². The monoisotopic (exact) mass is 274 g/mol. The molecule has 2 fully saturated rings. The fourth-order valence-electron chi connectivity index (χ4n) is 2.59. The third-order valence-corrected chi connectivity index (χ3v) is 4.75. The van der Waals surface area contributed by atoms with E-state index in [2.05, 4.69) is 6.07 Å². The Balaban J connectivity index is 1.85. The Kier molecular flexibility index (Phi) is 3.14. The number of phenols is 1. The molecule has 0 spiro atoms. The Labute approximate surface area is 121 Å². The summed E-state index contributed by atoms with van der Waals surface area (Å²) in [5.41, 5.74) is 1.40. The summed E-state index contributed by atoms with van der Waals surface area (Å²) >= 11 is 0. The number of hydrogen-bond acceptors (Lipinski definition) is 3. The summed E-state index contributed by atoms with van der Waals surface area (Å²) in [6.07, 6.45) is 3.66. The number of aromatic hydroxyl groups is 1. The second-order valence-electron chi connectivity index (χ2n) is 7.17. The highest BCUT2D eigenvalue weighted by Crippen LogP contribution is 2.37. The van der Waals surface area contributed by atoms with Crippen LogP contribution >= 0.6 is 0 Å². The van der Waals surface area contributed by atoms with Crippen molar-refractivity contribution >= 4 is 12.6 Å². The molecule has 0 radical (unpaired) electrons. The van der Waals surface area contributed by atoms with Crippen molar-refractivity contribution in [2.45, 2.75) is 58.2 Å². The average molecular weight is 274 g/mol. The van der Waals surface area contributed by atoms with Gasteiger partial charge in [0.15, 0.2) is 0 Å². The molecule has 3 nitrogen and oxygen atoms in total. The van der Waals surface area contributed by atoms with Gasteiger partial charge in [-0.05, 0) is 76.0 Å². The van der Waals surface area contributed by atoms with Crippen LogP contribution < -0.4 is 5.46 Å². The molecule has 3 rings (SSSR count). The number of benzene rings is 1. The van der Waals surface area contributed by atoms with Crippen molar-refractivity contribution in [3.8, 4) is 5.75 Å². The van der Waals surface area contributed by atoms with Crippen LogP contribution in [0.1, 0.15) is 46.1 Å². The molecule has 2 aliphatic rings. The standard InChI is InChI=1S/C16H23BO3/c1-15(2)16(3,4)20-17(19-15)13-8-12(7-11-5-6-11)9-14(18)10-13/h8-11,18H,5-7H2,1-4H3. The lowest BCUT2D eigenvalue weighted by Gasteiger charge is -2.32. The summed E-state index contributed by atoms with van der Waals surface area (Å²) in [4.78, 5) is 0. The molecule has 1 saturated carbocycles. The zero-order valence-corrected chi connectivity index (χ0v) is 12.8. The molecule has 1 aromatic carbocycles. The highest BCUT2D eigenvalue weighted by atomic mass is 16.7. The number of hydrogen-bond donors (Lipinski definition) is 1. The molecule has 0 atom stereocenters. The summed E-state index contributed by atoms with van der Waals surface area (Å²) < 4.78 is 12.1. The van der Waals surface area contributed by atoms with Crippen LogP contribution in [0, 0.1) is 5.92 Å². The predicted molar refractivity (Wildman–Crippen MR) is 80.3 cm³/mol. The maximum absolute atomic E-state index is 9.94. The van der Waals surface area contributed by atoms with Crippen LogP contribution in [-0.2, 0) is 15.7 Å². The van der Waals surface area contributed by atoms with Crippen molar-refractivity contribution in [3.63, 3.8) is 0 Å². The zero-order chi connectivity index (χ0) is 14.5. The first kappa shape index (κ1) is 14.0.